The minimum absolute atomic E-state index is 0.215. The molecule has 0 N–H and O–H groups in total. The molecule has 0 fully saturated rings. The van der Waals surface area contributed by atoms with Gasteiger partial charge < -0.3 is 4.55 Å². The number of benzene rings is 3. The summed E-state index contributed by atoms with van der Waals surface area (Å²) in [7, 11) is -8.36. The second-order valence-corrected chi connectivity index (χ2v) is 14.3. The SMILES string of the molecule is Clc1ccc([S+](c2ccc(Cl)cc2)c2ccc(Cl)cc2)cc1.O=S(=O)([O-])C(F)(F)C(F)(F)C(F)(F)C(F)(F)C(F)(F)C(F)(F)C(F)(F)C(F)(F)F. The highest BCUT2D eigenvalue weighted by Crippen LogP contribution is 2.64. The number of hydrogen-bond acceptors (Lipinski definition) is 3. The Balaban J connectivity index is 0.000000364. The molecule has 0 bridgehead atoms. The van der Waals surface area contributed by atoms with Gasteiger partial charge in [-0.2, -0.15) is 74.6 Å². The maximum atomic E-state index is 13.0. The van der Waals surface area contributed by atoms with Gasteiger partial charge in [-0.05, 0) is 72.8 Å². The molecule has 0 aliphatic rings. The lowest BCUT2D eigenvalue weighted by atomic mass is 9.91. The van der Waals surface area contributed by atoms with Crippen LogP contribution in [0.5, 0.6) is 0 Å². The van der Waals surface area contributed by atoms with Crippen LogP contribution in [0.2, 0.25) is 15.1 Å². The van der Waals surface area contributed by atoms with Crippen molar-refractivity contribution in [1.29, 1.82) is 0 Å². The van der Waals surface area contributed by atoms with Gasteiger partial charge in [-0.3, -0.25) is 0 Å². The van der Waals surface area contributed by atoms with Gasteiger partial charge >= 0.3 is 47.0 Å². The largest absolute Gasteiger partial charge is 0.743 e. The predicted molar refractivity (Wildman–Crippen MR) is 147 cm³/mol. The Labute approximate surface area is 292 Å². The zero-order valence-electron chi connectivity index (χ0n) is 23.5. The summed E-state index contributed by atoms with van der Waals surface area (Å²) in [5, 5.41) is -5.75. The molecular formula is C26H12Cl3F17O3S2. The molecule has 3 aromatic rings. The molecule has 3 aromatic carbocycles. The lowest BCUT2D eigenvalue weighted by molar-refractivity contribution is -0.458. The standard InChI is InChI=1S/C18H12Cl3S.C8HF17O3S/c19-13-1-7-16(8-2-13)22(17-9-3-14(20)4-10-17)18-11-5-15(21)6-12-18;9-1(10,3(13,14)5(17,18)7(21,22)23)2(11,12)4(15,16)6(19,20)8(24,25)29(26,27)28/h1-12H;(H,26,27,28)/q+1;/p-1. The van der Waals surface area contributed by atoms with Gasteiger partial charge in [0.05, 0.1) is 10.9 Å². The van der Waals surface area contributed by atoms with E-state index in [1.165, 1.54) is 14.7 Å². The molecule has 25 heteroatoms. The van der Waals surface area contributed by atoms with Gasteiger partial charge in [-0.1, -0.05) is 34.8 Å². The molecule has 0 heterocycles. The van der Waals surface area contributed by atoms with Crippen LogP contribution in [0.4, 0.5) is 74.6 Å². The fraction of sp³-hybridized carbons (Fsp3) is 0.308. The normalized spacial score (nSPS) is 14.3. The van der Waals surface area contributed by atoms with Crippen LogP contribution in [-0.2, 0) is 21.0 Å². The van der Waals surface area contributed by atoms with Crippen molar-refractivity contribution in [2.75, 3.05) is 0 Å². The lowest BCUT2D eigenvalue weighted by Gasteiger charge is -2.42. The van der Waals surface area contributed by atoms with Crippen molar-refractivity contribution >= 4 is 55.8 Å². The molecule has 0 amide bonds. The van der Waals surface area contributed by atoms with Crippen LogP contribution in [0.3, 0.4) is 0 Å². The fourth-order valence-electron chi connectivity index (χ4n) is 3.43. The molecule has 286 valence electrons. The monoisotopic (exact) mass is 864 g/mol. The van der Waals surface area contributed by atoms with Crippen molar-refractivity contribution in [3.63, 3.8) is 0 Å². The minimum atomic E-state index is -8.92. The van der Waals surface area contributed by atoms with E-state index in [0.29, 0.717) is 0 Å². The van der Waals surface area contributed by atoms with Crippen molar-refractivity contribution in [2.45, 2.75) is 61.7 Å². The number of halogens is 20. The van der Waals surface area contributed by atoms with E-state index in [-0.39, 0.29) is 10.9 Å². The van der Waals surface area contributed by atoms with Crippen molar-refractivity contribution in [1.82, 2.24) is 0 Å². The molecule has 3 rings (SSSR count). The Hall–Kier alpha value is -2.40. The first kappa shape index (κ1) is 44.8. The summed E-state index contributed by atoms with van der Waals surface area (Å²) in [6.07, 6.45) is -7.89. The third-order valence-electron chi connectivity index (χ3n) is 6.16. The van der Waals surface area contributed by atoms with Crippen LogP contribution in [0.1, 0.15) is 0 Å². The quantitative estimate of drug-likeness (QED) is 0.116. The van der Waals surface area contributed by atoms with Crippen LogP contribution >= 0.6 is 34.8 Å². The van der Waals surface area contributed by atoms with Gasteiger partial charge in [0.1, 0.15) is 0 Å². The number of rotatable bonds is 10. The number of alkyl halides is 17. The summed E-state index contributed by atoms with van der Waals surface area (Å²) in [4.78, 5) is 3.61. The van der Waals surface area contributed by atoms with E-state index in [1.54, 1.807) is 0 Å². The third kappa shape index (κ3) is 7.95. The van der Waals surface area contributed by atoms with E-state index < -0.39 is 57.1 Å². The second-order valence-electron chi connectivity index (χ2n) is 9.58. The van der Waals surface area contributed by atoms with Crippen LogP contribution in [0, 0.1) is 0 Å². The molecule has 0 atom stereocenters. The van der Waals surface area contributed by atoms with Crippen LogP contribution in [-0.4, -0.2) is 59.9 Å². The Morgan fingerprint density at radius 2 is 0.627 bits per heavy atom. The first-order chi connectivity index (χ1) is 22.6. The van der Waals surface area contributed by atoms with Gasteiger partial charge in [0.15, 0.2) is 24.8 Å². The maximum absolute atomic E-state index is 13.0. The molecule has 0 saturated carbocycles. The fourth-order valence-corrected chi connectivity index (χ4v) is 6.29. The van der Waals surface area contributed by atoms with Gasteiger partial charge in [0.2, 0.25) is 0 Å². The molecule has 0 aliphatic heterocycles. The first-order valence-electron chi connectivity index (χ1n) is 12.3. The summed E-state index contributed by atoms with van der Waals surface area (Å²) in [5.74, 6) is -52.1. The van der Waals surface area contributed by atoms with Gasteiger partial charge in [0.25, 0.3) is 0 Å². The lowest BCUT2D eigenvalue weighted by Crippen LogP contribution is -2.75. The Morgan fingerprint density at radius 3 is 0.843 bits per heavy atom. The van der Waals surface area contributed by atoms with Gasteiger partial charge in [-0.15, -0.1) is 0 Å². The molecule has 3 nitrogen and oxygen atoms in total. The second kappa shape index (κ2) is 14.4. The van der Waals surface area contributed by atoms with Gasteiger partial charge in [0, 0.05) is 15.1 Å². The minimum Gasteiger partial charge on any atom is -0.743 e. The average Bonchev–Trinajstić information content (AvgIpc) is 2.98. The maximum Gasteiger partial charge on any atom is 0.460 e. The first-order valence-corrected chi connectivity index (χ1v) is 16.1. The van der Waals surface area contributed by atoms with E-state index in [2.05, 4.69) is 36.4 Å². The van der Waals surface area contributed by atoms with Crippen molar-refractivity contribution < 1.29 is 87.6 Å². The van der Waals surface area contributed by atoms with E-state index in [9.17, 15) is 87.6 Å². The summed E-state index contributed by atoms with van der Waals surface area (Å²) in [6.45, 7) is 0. The summed E-state index contributed by atoms with van der Waals surface area (Å²) >= 11 is 18.1. The van der Waals surface area contributed by atoms with Crippen LogP contribution < -0.4 is 0 Å². The molecular weight excluding hydrogens is 854 g/mol. The van der Waals surface area contributed by atoms with E-state index in [1.807, 2.05) is 36.4 Å². The molecule has 0 spiro atoms. The van der Waals surface area contributed by atoms with Crippen LogP contribution in [0.15, 0.2) is 87.5 Å². The topological polar surface area (TPSA) is 57.2 Å². The highest BCUT2D eigenvalue weighted by molar-refractivity contribution is 7.97. The zero-order chi connectivity index (χ0) is 40.0. The Bertz CT molecular complexity index is 1660. The number of hydrogen-bond donors (Lipinski definition) is 0. The summed E-state index contributed by atoms with van der Waals surface area (Å²) in [5.41, 5.74) is 0. The molecule has 0 saturated heterocycles. The molecule has 0 unspecified atom stereocenters. The predicted octanol–water partition coefficient (Wildman–Crippen LogP) is 11.2. The smallest absolute Gasteiger partial charge is 0.460 e. The summed E-state index contributed by atoms with van der Waals surface area (Å²) < 4.78 is 244. The van der Waals surface area contributed by atoms with Crippen molar-refractivity contribution in [2.24, 2.45) is 0 Å². The Kier molecular flexibility index (Phi) is 12.7. The highest BCUT2D eigenvalue weighted by Gasteiger charge is 2.95. The highest BCUT2D eigenvalue weighted by atomic mass is 35.5. The molecule has 0 aromatic heterocycles. The van der Waals surface area contributed by atoms with Crippen LogP contribution in [0.25, 0.3) is 0 Å². The summed E-state index contributed by atoms with van der Waals surface area (Å²) in [6, 6.07) is 23.9. The molecule has 51 heavy (non-hydrogen) atoms. The zero-order valence-corrected chi connectivity index (χ0v) is 27.4. The molecule has 0 aliphatic carbocycles. The van der Waals surface area contributed by atoms with Gasteiger partial charge in [-0.25, -0.2) is 8.42 Å². The van der Waals surface area contributed by atoms with E-state index in [0.717, 1.165) is 15.1 Å². The van der Waals surface area contributed by atoms with E-state index in [4.69, 9.17) is 34.8 Å². The van der Waals surface area contributed by atoms with E-state index >= 15 is 0 Å². The average molecular weight is 866 g/mol. The Morgan fingerprint density at radius 1 is 0.412 bits per heavy atom. The molecule has 0 radical (unpaired) electrons. The van der Waals surface area contributed by atoms with Crippen molar-refractivity contribution in [3.05, 3.63) is 87.9 Å². The van der Waals surface area contributed by atoms with Crippen molar-refractivity contribution in [3.8, 4) is 0 Å². The third-order valence-corrected chi connectivity index (χ3v) is 10.0.